The van der Waals surface area contributed by atoms with Gasteiger partial charge in [-0.05, 0) is 56.7 Å². The molecule has 152 valence electrons. The van der Waals surface area contributed by atoms with Crippen LogP contribution in [0, 0.1) is 18.7 Å². The molecule has 1 amide bonds. The van der Waals surface area contributed by atoms with Crippen molar-refractivity contribution >= 4 is 11.9 Å². The molecule has 2 aromatic carbocycles. The van der Waals surface area contributed by atoms with E-state index < -0.39 is 5.82 Å². The number of Topliss-reactive ketones (excluding diaryl/α,β-unsaturated/α-hetero) is 1. The van der Waals surface area contributed by atoms with E-state index in [9.17, 15) is 14.0 Å². The molecule has 2 unspecified atom stereocenters. The number of hydrogen-bond acceptors (Lipinski definition) is 3. The fraction of sp³-hybridized carbons (Fsp3) is 0.417. The number of amides is 1. The van der Waals surface area contributed by atoms with Crippen LogP contribution < -0.4 is 0 Å². The van der Waals surface area contributed by atoms with Crippen LogP contribution in [0.25, 0.3) is 0 Å². The molecule has 0 saturated carbocycles. The van der Waals surface area contributed by atoms with Crippen LogP contribution in [0.3, 0.4) is 0 Å². The number of aryl methyl sites for hydroxylation is 1. The van der Waals surface area contributed by atoms with Gasteiger partial charge in [0.2, 0.25) is 0 Å². The molecule has 0 spiro atoms. The molecule has 4 nitrogen and oxygen atoms in total. The van der Waals surface area contributed by atoms with Crippen molar-refractivity contribution < 1.29 is 18.7 Å². The Bertz CT molecular complexity index is 884. The molecular weight excluding hydrogens is 369 g/mol. The quantitative estimate of drug-likeness (QED) is 0.661. The normalized spacial score (nSPS) is 23.5. The van der Waals surface area contributed by atoms with E-state index in [4.69, 9.17) is 4.74 Å². The van der Waals surface area contributed by atoms with E-state index in [1.807, 2.05) is 42.2 Å². The molecule has 2 atom stereocenters. The number of nitrogens with zero attached hydrogens (tertiary/aromatic N) is 1. The van der Waals surface area contributed by atoms with E-state index in [1.165, 1.54) is 6.07 Å². The monoisotopic (exact) mass is 395 g/mol. The van der Waals surface area contributed by atoms with Gasteiger partial charge in [-0.15, -0.1) is 0 Å². The van der Waals surface area contributed by atoms with Gasteiger partial charge in [-0.2, -0.15) is 0 Å². The van der Waals surface area contributed by atoms with Gasteiger partial charge < -0.3 is 9.64 Å². The number of ketones is 1. The largest absolute Gasteiger partial charge is 0.445 e. The average molecular weight is 395 g/mol. The molecular formula is C24H26FNO3. The van der Waals surface area contributed by atoms with Gasteiger partial charge in [0.1, 0.15) is 12.4 Å². The standard InChI is InChI=1S/C24H26FNO3/c1-16-10-11-22(25)21(12-16)23(27)18-13-19-8-5-9-20(14-18)26(19)24(28)29-15-17-6-3-2-4-7-17/h2-4,6-7,10-12,18-20H,5,8-9,13-15H2,1H3. The van der Waals surface area contributed by atoms with Crippen molar-refractivity contribution in [1.82, 2.24) is 4.90 Å². The fourth-order valence-corrected chi connectivity index (χ4v) is 4.74. The van der Waals surface area contributed by atoms with Crippen molar-refractivity contribution in [2.24, 2.45) is 5.92 Å². The number of carbonyl (C=O) groups excluding carboxylic acids is 2. The van der Waals surface area contributed by atoms with E-state index in [0.717, 1.165) is 30.4 Å². The SMILES string of the molecule is Cc1ccc(F)c(C(=O)C2CC3CCCC(C2)N3C(=O)OCc2ccccc2)c1. The van der Waals surface area contributed by atoms with E-state index in [0.29, 0.717) is 12.8 Å². The Morgan fingerprint density at radius 3 is 2.45 bits per heavy atom. The molecule has 2 aliphatic rings. The molecule has 2 fully saturated rings. The van der Waals surface area contributed by atoms with Crippen LogP contribution in [0.2, 0.25) is 0 Å². The highest BCUT2D eigenvalue weighted by molar-refractivity contribution is 5.98. The third-order valence-corrected chi connectivity index (χ3v) is 6.15. The summed E-state index contributed by atoms with van der Waals surface area (Å²) < 4.78 is 19.8. The molecule has 0 N–H and O–H groups in total. The molecule has 29 heavy (non-hydrogen) atoms. The Balaban J connectivity index is 1.45. The molecule has 4 rings (SSSR count). The number of carbonyl (C=O) groups is 2. The van der Waals surface area contributed by atoms with Crippen LogP contribution in [0.5, 0.6) is 0 Å². The molecule has 2 aliphatic heterocycles. The Hall–Kier alpha value is -2.69. The summed E-state index contributed by atoms with van der Waals surface area (Å²) in [5.74, 6) is -0.851. The van der Waals surface area contributed by atoms with Crippen molar-refractivity contribution in [3.8, 4) is 0 Å². The minimum Gasteiger partial charge on any atom is -0.445 e. The van der Waals surface area contributed by atoms with Gasteiger partial charge in [-0.25, -0.2) is 9.18 Å². The summed E-state index contributed by atoms with van der Waals surface area (Å²) >= 11 is 0. The minimum atomic E-state index is -0.463. The summed E-state index contributed by atoms with van der Waals surface area (Å²) in [6.07, 6.45) is 3.59. The molecule has 0 radical (unpaired) electrons. The number of piperidine rings is 2. The van der Waals surface area contributed by atoms with Crippen LogP contribution in [-0.2, 0) is 11.3 Å². The van der Waals surface area contributed by atoms with E-state index in [1.54, 1.807) is 12.1 Å². The first-order valence-electron chi connectivity index (χ1n) is 10.3. The Morgan fingerprint density at radius 1 is 1.07 bits per heavy atom. The average Bonchev–Trinajstić information content (AvgIpc) is 2.73. The van der Waals surface area contributed by atoms with Gasteiger partial charge in [0.05, 0.1) is 5.56 Å². The second-order valence-corrected chi connectivity index (χ2v) is 8.20. The smallest absolute Gasteiger partial charge is 0.410 e. The van der Waals surface area contributed by atoms with Crippen molar-refractivity contribution in [1.29, 1.82) is 0 Å². The zero-order valence-corrected chi connectivity index (χ0v) is 16.6. The number of fused-ring (bicyclic) bond motifs is 2. The van der Waals surface area contributed by atoms with Gasteiger partial charge in [-0.1, -0.05) is 42.0 Å². The van der Waals surface area contributed by atoms with Crippen LogP contribution in [0.4, 0.5) is 9.18 Å². The summed E-state index contributed by atoms with van der Waals surface area (Å²) in [5.41, 5.74) is 2.00. The lowest BCUT2D eigenvalue weighted by Crippen LogP contribution is -2.55. The van der Waals surface area contributed by atoms with Gasteiger partial charge in [0.15, 0.2) is 5.78 Å². The highest BCUT2D eigenvalue weighted by Crippen LogP contribution is 2.39. The lowest BCUT2D eigenvalue weighted by Gasteiger charge is -2.47. The molecule has 2 saturated heterocycles. The van der Waals surface area contributed by atoms with Crippen LogP contribution >= 0.6 is 0 Å². The van der Waals surface area contributed by atoms with Gasteiger partial charge in [0.25, 0.3) is 0 Å². The van der Waals surface area contributed by atoms with Crippen molar-refractivity contribution in [3.63, 3.8) is 0 Å². The number of halogens is 1. The van der Waals surface area contributed by atoms with E-state index in [-0.39, 0.29) is 42.0 Å². The summed E-state index contributed by atoms with van der Waals surface area (Å²) in [6.45, 7) is 2.10. The first kappa shape index (κ1) is 19.6. The third kappa shape index (κ3) is 4.19. The maximum absolute atomic E-state index is 14.2. The number of hydrogen-bond donors (Lipinski definition) is 0. The first-order chi connectivity index (χ1) is 14.0. The predicted molar refractivity (Wildman–Crippen MR) is 108 cm³/mol. The first-order valence-corrected chi connectivity index (χ1v) is 10.3. The topological polar surface area (TPSA) is 46.6 Å². The molecule has 2 bridgehead atoms. The Morgan fingerprint density at radius 2 is 1.76 bits per heavy atom. The lowest BCUT2D eigenvalue weighted by atomic mass is 9.75. The van der Waals surface area contributed by atoms with Crippen LogP contribution in [0.15, 0.2) is 48.5 Å². The molecule has 2 heterocycles. The van der Waals surface area contributed by atoms with E-state index >= 15 is 0 Å². The second-order valence-electron chi connectivity index (χ2n) is 8.20. The van der Waals surface area contributed by atoms with Crippen LogP contribution in [-0.4, -0.2) is 28.9 Å². The number of rotatable bonds is 4. The van der Waals surface area contributed by atoms with Crippen molar-refractivity contribution in [3.05, 3.63) is 71.0 Å². The fourth-order valence-electron chi connectivity index (χ4n) is 4.74. The Labute approximate surface area is 170 Å². The molecule has 0 aromatic heterocycles. The van der Waals surface area contributed by atoms with Gasteiger partial charge in [-0.3, -0.25) is 4.79 Å². The van der Waals surface area contributed by atoms with E-state index in [2.05, 4.69) is 0 Å². The summed E-state index contributed by atoms with van der Waals surface area (Å²) in [5, 5.41) is 0. The maximum Gasteiger partial charge on any atom is 0.410 e. The zero-order chi connectivity index (χ0) is 20.4. The Kier molecular flexibility index (Phi) is 5.65. The van der Waals surface area contributed by atoms with Crippen LogP contribution in [0.1, 0.15) is 53.6 Å². The second kappa shape index (κ2) is 8.36. The number of ether oxygens (including phenoxy) is 1. The molecule has 2 aromatic rings. The number of benzene rings is 2. The predicted octanol–water partition coefficient (Wildman–Crippen LogP) is 5.29. The van der Waals surface area contributed by atoms with Crippen molar-refractivity contribution in [2.45, 2.75) is 57.7 Å². The molecule has 0 aliphatic carbocycles. The molecule has 5 heteroatoms. The highest BCUT2D eigenvalue weighted by Gasteiger charge is 2.44. The lowest BCUT2D eigenvalue weighted by molar-refractivity contribution is 0.00464. The van der Waals surface area contributed by atoms with Crippen molar-refractivity contribution in [2.75, 3.05) is 0 Å². The van der Waals surface area contributed by atoms with Gasteiger partial charge >= 0.3 is 6.09 Å². The highest BCUT2D eigenvalue weighted by atomic mass is 19.1. The van der Waals surface area contributed by atoms with Gasteiger partial charge in [0, 0.05) is 18.0 Å². The summed E-state index contributed by atoms with van der Waals surface area (Å²) in [4.78, 5) is 27.6. The maximum atomic E-state index is 14.2. The third-order valence-electron chi connectivity index (χ3n) is 6.15. The summed E-state index contributed by atoms with van der Waals surface area (Å²) in [6, 6.07) is 14.2. The zero-order valence-electron chi connectivity index (χ0n) is 16.6. The summed E-state index contributed by atoms with van der Waals surface area (Å²) in [7, 11) is 0. The minimum absolute atomic E-state index is 0.0207.